The zero-order valence-electron chi connectivity index (χ0n) is 17.9. The molecule has 35 heavy (non-hydrogen) atoms. The van der Waals surface area contributed by atoms with Gasteiger partial charge in [0.2, 0.25) is 5.91 Å². The van der Waals surface area contributed by atoms with Gasteiger partial charge in [0, 0.05) is 35.2 Å². The summed E-state index contributed by atoms with van der Waals surface area (Å²) in [6.07, 6.45) is 1.00. The van der Waals surface area contributed by atoms with Crippen LogP contribution in [-0.4, -0.2) is 16.0 Å². The second-order valence-corrected chi connectivity index (χ2v) is 9.99. The van der Waals surface area contributed by atoms with E-state index in [1.165, 1.54) is 48.5 Å². The van der Waals surface area contributed by atoms with Gasteiger partial charge in [-0.2, -0.15) is 0 Å². The molecule has 0 heterocycles. The van der Waals surface area contributed by atoms with Gasteiger partial charge in [-0.15, -0.1) is 23.2 Å². The van der Waals surface area contributed by atoms with Gasteiger partial charge < -0.3 is 5.32 Å². The maximum atomic E-state index is 14.0. The van der Waals surface area contributed by atoms with Gasteiger partial charge in [0.1, 0.15) is 21.8 Å². The molecule has 2 unspecified atom stereocenters. The number of carbonyl (C=O) groups is 2. The molecule has 0 aliphatic heterocycles. The van der Waals surface area contributed by atoms with E-state index in [1.54, 1.807) is 0 Å². The summed E-state index contributed by atoms with van der Waals surface area (Å²) >= 11 is 18.9. The van der Waals surface area contributed by atoms with Crippen molar-refractivity contribution in [1.29, 1.82) is 0 Å². The predicted molar refractivity (Wildman–Crippen MR) is 132 cm³/mol. The Morgan fingerprint density at radius 1 is 1.00 bits per heavy atom. The number of carbonyl (C=O) groups excluding carboxylic acids is 2. The van der Waals surface area contributed by atoms with E-state index in [0.29, 0.717) is 11.6 Å². The van der Waals surface area contributed by atoms with Crippen LogP contribution in [-0.2, 0) is 11.2 Å². The molecule has 3 nitrogen and oxygen atoms in total. The third-order valence-corrected chi connectivity index (χ3v) is 7.11. The maximum Gasteiger partial charge on any atom is 0.231 e. The fourth-order valence-corrected chi connectivity index (χ4v) is 5.00. The Balaban J connectivity index is 1.52. The Morgan fingerprint density at radius 3 is 2.43 bits per heavy atom. The largest absolute Gasteiger partial charge is 0.326 e. The van der Waals surface area contributed by atoms with Crippen LogP contribution in [0.4, 0.5) is 18.9 Å². The van der Waals surface area contributed by atoms with Crippen LogP contribution >= 0.6 is 34.8 Å². The van der Waals surface area contributed by atoms with Crippen LogP contribution in [0.3, 0.4) is 0 Å². The normalized spacial score (nSPS) is 18.1. The number of hydrogen-bond acceptors (Lipinski definition) is 2. The van der Waals surface area contributed by atoms with Crippen molar-refractivity contribution in [3.63, 3.8) is 0 Å². The zero-order chi connectivity index (χ0) is 25.5. The molecule has 1 aliphatic rings. The molecule has 1 amide bonds. The van der Waals surface area contributed by atoms with Crippen LogP contribution in [0.5, 0.6) is 0 Å². The highest BCUT2D eigenvalue weighted by Gasteiger charge is 2.67. The summed E-state index contributed by atoms with van der Waals surface area (Å²) in [5, 5.41) is 2.77. The van der Waals surface area contributed by atoms with E-state index in [4.69, 9.17) is 34.8 Å². The summed E-state index contributed by atoms with van der Waals surface area (Å²) in [6.45, 7) is 3.56. The minimum Gasteiger partial charge on any atom is -0.326 e. The number of benzene rings is 3. The van der Waals surface area contributed by atoms with E-state index in [1.807, 2.05) is 0 Å². The van der Waals surface area contributed by atoms with E-state index < -0.39 is 45.3 Å². The lowest BCUT2D eigenvalue weighted by atomic mass is 10.0. The van der Waals surface area contributed by atoms with Gasteiger partial charge >= 0.3 is 0 Å². The Kier molecular flexibility index (Phi) is 7.00. The Morgan fingerprint density at radius 2 is 1.74 bits per heavy atom. The van der Waals surface area contributed by atoms with Gasteiger partial charge in [-0.1, -0.05) is 36.4 Å². The molecule has 1 saturated carbocycles. The van der Waals surface area contributed by atoms with Crippen molar-refractivity contribution in [3.05, 3.63) is 106 Å². The lowest BCUT2D eigenvalue weighted by Gasteiger charge is -2.10. The van der Waals surface area contributed by atoms with Gasteiger partial charge in [-0.25, -0.2) is 13.2 Å². The van der Waals surface area contributed by atoms with Crippen molar-refractivity contribution in [3.8, 4) is 0 Å². The van der Waals surface area contributed by atoms with Crippen LogP contribution in [0.2, 0.25) is 5.02 Å². The summed E-state index contributed by atoms with van der Waals surface area (Å²) < 4.78 is 39.5. The summed E-state index contributed by atoms with van der Waals surface area (Å²) in [4.78, 5) is 25.7. The molecule has 0 saturated heterocycles. The summed E-state index contributed by atoms with van der Waals surface area (Å²) in [5.41, 5.74) is 1.16. The number of alkyl halides is 2. The van der Waals surface area contributed by atoms with Crippen LogP contribution in [0.15, 0.2) is 61.2 Å². The minimum atomic E-state index is -1.41. The fourth-order valence-electron chi connectivity index (χ4n) is 3.95. The van der Waals surface area contributed by atoms with Crippen molar-refractivity contribution in [2.75, 3.05) is 5.32 Å². The Hall–Kier alpha value is -2.80. The monoisotopic (exact) mass is 537 g/mol. The molecule has 3 aromatic rings. The van der Waals surface area contributed by atoms with Gasteiger partial charge in [0.25, 0.3) is 0 Å². The van der Waals surface area contributed by atoms with E-state index in [9.17, 15) is 22.8 Å². The molecule has 9 heteroatoms. The van der Waals surface area contributed by atoms with E-state index in [0.717, 1.165) is 6.07 Å². The van der Waals surface area contributed by atoms with Gasteiger partial charge in [0.05, 0.1) is 10.9 Å². The minimum absolute atomic E-state index is 0.00924. The first-order valence-electron chi connectivity index (χ1n) is 10.4. The van der Waals surface area contributed by atoms with Gasteiger partial charge in [-0.05, 0) is 47.5 Å². The molecular weight excluding hydrogens is 522 g/mol. The van der Waals surface area contributed by atoms with Crippen LogP contribution in [0, 0.1) is 23.4 Å². The van der Waals surface area contributed by atoms with E-state index in [-0.39, 0.29) is 33.8 Å². The highest BCUT2D eigenvalue weighted by Crippen LogP contribution is 2.65. The van der Waals surface area contributed by atoms with Crippen molar-refractivity contribution in [2.45, 2.75) is 16.7 Å². The first-order chi connectivity index (χ1) is 16.5. The number of nitrogens with one attached hydrogen (secondary N) is 1. The molecule has 0 bridgehead atoms. The Bertz CT molecular complexity index is 1360. The number of Topliss-reactive ketones (excluding diaryl/α,β-unsaturated/α-hetero) is 1. The number of halogens is 6. The lowest BCUT2D eigenvalue weighted by molar-refractivity contribution is -0.117. The SMILES string of the molecule is C=Cc1cc(C2C(C(=O)Nc3ccc(Cl)c(C(=O)Cc4ccc(F)cc4F)c3)C2(Cl)Cl)ccc1F. The molecule has 4 rings (SSSR count). The van der Waals surface area contributed by atoms with Crippen LogP contribution in [0.25, 0.3) is 6.08 Å². The smallest absolute Gasteiger partial charge is 0.231 e. The number of amides is 1. The highest BCUT2D eigenvalue weighted by atomic mass is 35.5. The van der Waals surface area contributed by atoms with E-state index in [2.05, 4.69) is 11.9 Å². The van der Waals surface area contributed by atoms with Crippen LogP contribution < -0.4 is 5.32 Å². The fraction of sp³-hybridized carbons (Fsp3) is 0.154. The summed E-state index contributed by atoms with van der Waals surface area (Å²) in [5.74, 6) is -4.50. The first kappa shape index (κ1) is 25.3. The number of ketones is 1. The molecule has 180 valence electrons. The third-order valence-electron chi connectivity index (χ3n) is 5.84. The second-order valence-electron chi connectivity index (χ2n) is 8.13. The summed E-state index contributed by atoms with van der Waals surface area (Å²) in [6, 6.07) is 11.5. The zero-order valence-corrected chi connectivity index (χ0v) is 20.2. The molecule has 3 aromatic carbocycles. The highest BCUT2D eigenvalue weighted by molar-refractivity contribution is 6.53. The van der Waals surface area contributed by atoms with Crippen LogP contribution in [0.1, 0.15) is 33.0 Å². The molecule has 0 radical (unpaired) electrons. The number of anilines is 1. The number of rotatable bonds is 7. The lowest BCUT2D eigenvalue weighted by Crippen LogP contribution is -2.17. The van der Waals surface area contributed by atoms with Crippen molar-refractivity contribution >= 4 is 58.3 Å². The molecule has 1 fully saturated rings. The molecular formula is C26H17Cl3F3NO2. The second kappa shape index (κ2) is 9.69. The standard InChI is InChI=1S/C26H17Cl3F3NO2/c1-2-13-9-15(4-8-20(13)31)23-24(26(23,28)29)25(35)33-17-6-7-19(27)18(12-17)22(34)10-14-3-5-16(30)11-21(14)32/h2-9,11-12,23-24H,1,10H2,(H,33,35). The van der Waals surface area contributed by atoms with Gasteiger partial charge in [0.15, 0.2) is 5.78 Å². The third kappa shape index (κ3) is 5.10. The molecule has 1 aliphatic carbocycles. The van der Waals surface area contributed by atoms with Crippen molar-refractivity contribution in [1.82, 2.24) is 0 Å². The molecule has 2 atom stereocenters. The molecule has 0 aromatic heterocycles. The molecule has 1 N–H and O–H groups in total. The van der Waals surface area contributed by atoms with E-state index >= 15 is 0 Å². The van der Waals surface area contributed by atoms with Crippen molar-refractivity contribution in [2.24, 2.45) is 5.92 Å². The first-order valence-corrected chi connectivity index (χ1v) is 11.5. The Labute approximate surface area is 214 Å². The average Bonchev–Trinajstić information content (AvgIpc) is 3.39. The average molecular weight is 539 g/mol. The predicted octanol–water partition coefficient (Wildman–Crippen LogP) is 7.35. The maximum absolute atomic E-state index is 14.0. The number of hydrogen-bond donors (Lipinski definition) is 1. The topological polar surface area (TPSA) is 46.2 Å². The van der Waals surface area contributed by atoms with Gasteiger partial charge in [-0.3, -0.25) is 9.59 Å². The summed E-state index contributed by atoms with van der Waals surface area (Å²) in [7, 11) is 0. The van der Waals surface area contributed by atoms with Crippen molar-refractivity contribution < 1.29 is 22.8 Å². The quantitative estimate of drug-likeness (QED) is 0.252. The molecule has 0 spiro atoms.